The minimum atomic E-state index is 0.120. The molecule has 1 rings (SSSR count). The SMILES string of the molecule is O=C1CCC(Cl)=C1Br. The molecule has 1 aliphatic carbocycles. The first-order valence-corrected chi connectivity index (χ1v) is 3.46. The second-order valence-corrected chi connectivity index (χ2v) is 2.89. The molecule has 0 saturated carbocycles. The molecule has 0 unspecified atom stereocenters. The second-order valence-electron chi connectivity index (χ2n) is 1.64. The van der Waals surface area contributed by atoms with Gasteiger partial charge in [0.15, 0.2) is 5.78 Å². The minimum absolute atomic E-state index is 0.120. The van der Waals surface area contributed by atoms with Crippen molar-refractivity contribution in [3.63, 3.8) is 0 Å². The van der Waals surface area contributed by atoms with Crippen molar-refractivity contribution in [3.8, 4) is 0 Å². The van der Waals surface area contributed by atoms with Gasteiger partial charge in [0.05, 0.1) is 4.48 Å². The number of hydrogen-bond acceptors (Lipinski definition) is 1. The molecule has 3 heteroatoms. The first-order valence-electron chi connectivity index (χ1n) is 2.29. The fourth-order valence-corrected chi connectivity index (χ4v) is 1.19. The van der Waals surface area contributed by atoms with Crippen molar-refractivity contribution in [1.29, 1.82) is 0 Å². The van der Waals surface area contributed by atoms with Crippen LogP contribution in [0.1, 0.15) is 12.8 Å². The number of Topliss-reactive ketones (excluding diaryl/α,β-unsaturated/α-hetero) is 1. The first kappa shape index (κ1) is 6.30. The second kappa shape index (κ2) is 2.19. The lowest BCUT2D eigenvalue weighted by Gasteiger charge is -1.81. The van der Waals surface area contributed by atoms with Crippen LogP contribution in [0.4, 0.5) is 0 Å². The van der Waals surface area contributed by atoms with Crippen LogP contribution in [0.3, 0.4) is 0 Å². The smallest absolute Gasteiger partial charge is 0.171 e. The van der Waals surface area contributed by atoms with Gasteiger partial charge in [0.1, 0.15) is 0 Å². The van der Waals surface area contributed by atoms with Gasteiger partial charge in [-0.25, -0.2) is 0 Å². The van der Waals surface area contributed by atoms with E-state index in [1.807, 2.05) is 0 Å². The topological polar surface area (TPSA) is 17.1 Å². The Labute approximate surface area is 60.8 Å². The molecule has 1 aliphatic rings. The summed E-state index contributed by atoms with van der Waals surface area (Å²) < 4.78 is 0.569. The third-order valence-electron chi connectivity index (χ3n) is 1.05. The zero-order valence-electron chi connectivity index (χ0n) is 4.08. The van der Waals surface area contributed by atoms with Gasteiger partial charge in [-0.3, -0.25) is 4.79 Å². The van der Waals surface area contributed by atoms with E-state index >= 15 is 0 Å². The highest BCUT2D eigenvalue weighted by atomic mass is 79.9. The van der Waals surface area contributed by atoms with Crippen LogP contribution in [0.2, 0.25) is 0 Å². The summed E-state index contributed by atoms with van der Waals surface area (Å²) in [6.45, 7) is 0. The number of ketones is 1. The Morgan fingerprint density at radius 2 is 2.12 bits per heavy atom. The Balaban J connectivity index is 2.86. The molecule has 0 spiro atoms. The summed E-state index contributed by atoms with van der Waals surface area (Å²) >= 11 is 8.64. The maximum Gasteiger partial charge on any atom is 0.171 e. The standard InChI is InChI=1S/C5H4BrClO/c6-5-3(7)1-2-4(5)8/h1-2H2. The molecule has 0 aromatic rings. The molecule has 8 heavy (non-hydrogen) atoms. The molecule has 0 aromatic carbocycles. The van der Waals surface area contributed by atoms with E-state index in [4.69, 9.17) is 11.6 Å². The molecule has 0 atom stereocenters. The minimum Gasteiger partial charge on any atom is -0.294 e. The Kier molecular flexibility index (Phi) is 1.73. The number of halogens is 2. The van der Waals surface area contributed by atoms with Crippen LogP contribution in [-0.2, 0) is 4.79 Å². The number of allylic oxidation sites excluding steroid dienone is 2. The van der Waals surface area contributed by atoms with Gasteiger partial charge in [-0.15, -0.1) is 0 Å². The van der Waals surface area contributed by atoms with Gasteiger partial charge in [-0.05, 0) is 22.4 Å². The summed E-state index contributed by atoms with van der Waals surface area (Å²) in [6.07, 6.45) is 1.28. The van der Waals surface area contributed by atoms with E-state index in [2.05, 4.69) is 15.9 Å². The number of carbonyl (C=O) groups is 1. The van der Waals surface area contributed by atoms with Gasteiger partial charge in [0.25, 0.3) is 0 Å². The summed E-state index contributed by atoms with van der Waals surface area (Å²) in [5.41, 5.74) is 0. The number of hydrogen-bond donors (Lipinski definition) is 0. The van der Waals surface area contributed by atoms with Gasteiger partial charge in [-0.1, -0.05) is 11.6 Å². The van der Waals surface area contributed by atoms with Crippen LogP contribution in [0.15, 0.2) is 9.51 Å². The first-order chi connectivity index (χ1) is 3.72. The zero-order chi connectivity index (χ0) is 6.15. The summed E-state index contributed by atoms with van der Waals surface area (Å²) in [5.74, 6) is 0.120. The maximum absolute atomic E-state index is 10.6. The third kappa shape index (κ3) is 0.955. The van der Waals surface area contributed by atoms with Gasteiger partial charge in [0, 0.05) is 11.5 Å². The lowest BCUT2D eigenvalue weighted by atomic mass is 10.3. The summed E-state index contributed by atoms with van der Waals surface area (Å²) in [6, 6.07) is 0. The highest BCUT2D eigenvalue weighted by Crippen LogP contribution is 2.29. The van der Waals surface area contributed by atoms with Crippen molar-refractivity contribution in [3.05, 3.63) is 9.51 Å². The van der Waals surface area contributed by atoms with Crippen LogP contribution >= 0.6 is 27.5 Å². The average molecular weight is 195 g/mol. The van der Waals surface area contributed by atoms with Gasteiger partial charge >= 0.3 is 0 Å². The van der Waals surface area contributed by atoms with Crippen molar-refractivity contribution >= 4 is 33.3 Å². The summed E-state index contributed by atoms with van der Waals surface area (Å²) in [5, 5.41) is 0.662. The Morgan fingerprint density at radius 3 is 2.25 bits per heavy atom. The van der Waals surface area contributed by atoms with Crippen molar-refractivity contribution in [2.24, 2.45) is 0 Å². The number of rotatable bonds is 0. The van der Waals surface area contributed by atoms with Crippen molar-refractivity contribution in [2.45, 2.75) is 12.8 Å². The highest BCUT2D eigenvalue weighted by Gasteiger charge is 2.18. The van der Waals surface area contributed by atoms with Crippen LogP contribution in [-0.4, -0.2) is 5.78 Å². The molecular formula is C5H4BrClO. The van der Waals surface area contributed by atoms with Crippen molar-refractivity contribution in [2.75, 3.05) is 0 Å². The third-order valence-corrected chi connectivity index (χ3v) is 2.58. The van der Waals surface area contributed by atoms with E-state index in [0.29, 0.717) is 22.4 Å². The molecule has 0 radical (unpaired) electrons. The molecular weight excluding hydrogens is 191 g/mol. The largest absolute Gasteiger partial charge is 0.294 e. The van der Waals surface area contributed by atoms with E-state index in [1.165, 1.54) is 0 Å². The lowest BCUT2D eigenvalue weighted by Crippen LogP contribution is -1.86. The fourth-order valence-electron chi connectivity index (χ4n) is 0.594. The van der Waals surface area contributed by atoms with Crippen LogP contribution in [0.25, 0.3) is 0 Å². The van der Waals surface area contributed by atoms with Crippen molar-refractivity contribution < 1.29 is 4.79 Å². The maximum atomic E-state index is 10.6. The fraction of sp³-hybridized carbons (Fsp3) is 0.400. The zero-order valence-corrected chi connectivity index (χ0v) is 6.42. The molecule has 0 heterocycles. The molecule has 44 valence electrons. The van der Waals surface area contributed by atoms with Crippen LogP contribution in [0.5, 0.6) is 0 Å². The average Bonchev–Trinajstić information content (AvgIpc) is 1.98. The lowest BCUT2D eigenvalue weighted by molar-refractivity contribution is -0.114. The molecule has 0 bridgehead atoms. The molecule has 0 N–H and O–H groups in total. The predicted molar refractivity (Wildman–Crippen MR) is 36.0 cm³/mol. The summed E-state index contributed by atoms with van der Waals surface area (Å²) in [7, 11) is 0. The van der Waals surface area contributed by atoms with E-state index in [9.17, 15) is 4.79 Å². The Morgan fingerprint density at radius 1 is 1.50 bits per heavy atom. The van der Waals surface area contributed by atoms with Gasteiger partial charge in [-0.2, -0.15) is 0 Å². The van der Waals surface area contributed by atoms with E-state index in [1.54, 1.807) is 0 Å². The molecule has 1 nitrogen and oxygen atoms in total. The van der Waals surface area contributed by atoms with Crippen molar-refractivity contribution in [1.82, 2.24) is 0 Å². The number of carbonyl (C=O) groups excluding carboxylic acids is 1. The highest BCUT2D eigenvalue weighted by molar-refractivity contribution is 9.12. The molecule has 0 saturated heterocycles. The van der Waals surface area contributed by atoms with Gasteiger partial charge in [0.2, 0.25) is 0 Å². The van der Waals surface area contributed by atoms with Crippen LogP contribution < -0.4 is 0 Å². The van der Waals surface area contributed by atoms with Gasteiger partial charge < -0.3 is 0 Å². The Hall–Kier alpha value is 0.180. The van der Waals surface area contributed by atoms with E-state index in [0.717, 1.165) is 0 Å². The molecule has 0 fully saturated rings. The monoisotopic (exact) mass is 194 g/mol. The van der Waals surface area contributed by atoms with E-state index in [-0.39, 0.29) is 5.78 Å². The normalized spacial score (nSPS) is 20.5. The molecule has 0 aromatic heterocycles. The van der Waals surface area contributed by atoms with Crippen LogP contribution in [0, 0.1) is 0 Å². The predicted octanol–water partition coefficient (Wildman–Crippen LogP) is 2.19. The quantitative estimate of drug-likeness (QED) is 0.579. The van der Waals surface area contributed by atoms with E-state index < -0.39 is 0 Å². The summed E-state index contributed by atoms with van der Waals surface area (Å²) in [4.78, 5) is 10.6. The molecule has 0 amide bonds. The Bertz CT molecular complexity index is 162. The molecule has 0 aliphatic heterocycles.